The van der Waals surface area contributed by atoms with Crippen LogP contribution in [-0.4, -0.2) is 25.9 Å². The maximum absolute atomic E-state index is 12.3. The molecule has 9 heteroatoms. The van der Waals surface area contributed by atoms with Crippen LogP contribution in [0.4, 0.5) is 10.7 Å². The molecule has 0 radical (unpaired) electrons. The van der Waals surface area contributed by atoms with Crippen molar-refractivity contribution in [1.82, 2.24) is 4.72 Å². The molecule has 1 aromatic heterocycles. The zero-order chi connectivity index (χ0) is 15.6. The molecule has 21 heavy (non-hydrogen) atoms. The summed E-state index contributed by atoms with van der Waals surface area (Å²) in [5, 5.41) is 14.2. The largest absolute Gasteiger partial charge is 0.371 e. The predicted octanol–water partition coefficient (Wildman–Crippen LogP) is 2.56. The Morgan fingerprint density at radius 2 is 2.14 bits per heavy atom. The third-order valence-electron chi connectivity index (χ3n) is 3.38. The standard InChI is InChI=1S/C12H19N3O4S2/c1-3-4-13-12-10(15(16)17)7-11(20-12)21(18,19)14-9-5-8(2)6-9/h7-9,13-14H,3-6H2,1-2H3. The number of nitrogens with zero attached hydrogens (tertiary/aromatic N) is 1. The van der Waals surface area contributed by atoms with Gasteiger partial charge in [-0.15, -0.1) is 0 Å². The van der Waals surface area contributed by atoms with Gasteiger partial charge in [-0.05, 0) is 25.2 Å². The Kier molecular flexibility index (Phi) is 4.84. The summed E-state index contributed by atoms with van der Waals surface area (Å²) in [4.78, 5) is 10.5. The lowest BCUT2D eigenvalue weighted by Gasteiger charge is -2.32. The lowest BCUT2D eigenvalue weighted by atomic mass is 9.83. The molecule has 0 unspecified atom stereocenters. The maximum atomic E-state index is 12.3. The molecule has 0 atom stereocenters. The lowest BCUT2D eigenvalue weighted by molar-refractivity contribution is -0.383. The molecule has 1 heterocycles. The van der Waals surface area contributed by atoms with E-state index >= 15 is 0 Å². The van der Waals surface area contributed by atoms with Gasteiger partial charge in [-0.25, -0.2) is 13.1 Å². The Morgan fingerprint density at radius 3 is 2.67 bits per heavy atom. The monoisotopic (exact) mass is 333 g/mol. The van der Waals surface area contributed by atoms with Gasteiger partial charge in [0, 0.05) is 18.7 Å². The molecule has 0 aliphatic heterocycles. The average Bonchev–Trinajstić information content (AvgIpc) is 2.79. The van der Waals surface area contributed by atoms with E-state index in [2.05, 4.69) is 17.0 Å². The van der Waals surface area contributed by atoms with Crippen molar-refractivity contribution in [3.63, 3.8) is 0 Å². The second-order valence-corrected chi connectivity index (χ2v) is 8.35. The van der Waals surface area contributed by atoms with Crippen LogP contribution >= 0.6 is 11.3 Å². The normalized spacial score (nSPS) is 21.8. The number of rotatable bonds is 7. The first-order chi connectivity index (χ1) is 9.83. The fourth-order valence-corrected chi connectivity index (χ4v) is 4.90. The molecule has 0 saturated heterocycles. The van der Waals surface area contributed by atoms with E-state index in [1.54, 1.807) is 0 Å². The molecule has 1 aliphatic rings. The van der Waals surface area contributed by atoms with Crippen LogP contribution in [0.5, 0.6) is 0 Å². The third kappa shape index (κ3) is 3.72. The van der Waals surface area contributed by atoms with Gasteiger partial charge >= 0.3 is 5.69 Å². The highest BCUT2D eigenvalue weighted by Crippen LogP contribution is 2.37. The van der Waals surface area contributed by atoms with E-state index in [1.807, 2.05) is 6.92 Å². The van der Waals surface area contributed by atoms with Crippen molar-refractivity contribution in [1.29, 1.82) is 0 Å². The number of anilines is 1. The Balaban J connectivity index is 2.20. The molecule has 1 aromatic rings. The van der Waals surface area contributed by atoms with Crippen LogP contribution in [0.1, 0.15) is 33.1 Å². The van der Waals surface area contributed by atoms with Gasteiger partial charge < -0.3 is 5.32 Å². The van der Waals surface area contributed by atoms with Gasteiger partial charge in [0.05, 0.1) is 4.92 Å². The first kappa shape index (κ1) is 16.2. The molecule has 0 amide bonds. The molecule has 1 aliphatic carbocycles. The molecule has 1 fully saturated rings. The summed E-state index contributed by atoms with van der Waals surface area (Å²) >= 11 is 0.909. The number of thiophene rings is 1. The van der Waals surface area contributed by atoms with Crippen molar-refractivity contribution in [2.45, 2.75) is 43.4 Å². The zero-order valence-corrected chi connectivity index (χ0v) is 13.6. The molecular weight excluding hydrogens is 314 g/mol. The number of hydrogen-bond donors (Lipinski definition) is 2. The summed E-state index contributed by atoms with van der Waals surface area (Å²) in [6.07, 6.45) is 2.43. The Hall–Kier alpha value is -1.19. The Bertz CT molecular complexity index is 620. The highest BCUT2D eigenvalue weighted by atomic mass is 32.2. The number of nitro groups is 1. The van der Waals surface area contributed by atoms with Crippen molar-refractivity contribution in [3.05, 3.63) is 16.2 Å². The maximum Gasteiger partial charge on any atom is 0.304 e. The van der Waals surface area contributed by atoms with Gasteiger partial charge in [0.15, 0.2) is 5.00 Å². The summed E-state index contributed by atoms with van der Waals surface area (Å²) in [5.41, 5.74) is -0.184. The van der Waals surface area contributed by atoms with Crippen LogP contribution in [0.3, 0.4) is 0 Å². The van der Waals surface area contributed by atoms with Gasteiger partial charge in [-0.1, -0.05) is 25.2 Å². The smallest absolute Gasteiger partial charge is 0.304 e. The zero-order valence-electron chi connectivity index (χ0n) is 12.0. The molecular formula is C12H19N3O4S2. The number of sulfonamides is 1. The van der Waals surface area contributed by atoms with Gasteiger partial charge in [-0.2, -0.15) is 0 Å². The minimum atomic E-state index is -3.68. The number of hydrogen-bond acceptors (Lipinski definition) is 6. The van der Waals surface area contributed by atoms with Crippen LogP contribution in [0, 0.1) is 16.0 Å². The van der Waals surface area contributed by atoms with Crippen LogP contribution in [-0.2, 0) is 10.0 Å². The molecule has 0 aromatic carbocycles. The molecule has 2 rings (SSSR count). The SMILES string of the molecule is CCCNc1sc(S(=O)(=O)NC2CC(C)C2)cc1[N+](=O)[O-]. The molecule has 1 saturated carbocycles. The molecule has 118 valence electrons. The highest BCUT2D eigenvalue weighted by molar-refractivity contribution is 7.91. The van der Waals surface area contributed by atoms with E-state index in [4.69, 9.17) is 0 Å². The van der Waals surface area contributed by atoms with Crippen LogP contribution in [0.15, 0.2) is 10.3 Å². The van der Waals surface area contributed by atoms with Crippen LogP contribution < -0.4 is 10.0 Å². The minimum Gasteiger partial charge on any atom is -0.371 e. The van der Waals surface area contributed by atoms with E-state index in [0.29, 0.717) is 17.5 Å². The van der Waals surface area contributed by atoms with Crippen LogP contribution in [0.2, 0.25) is 0 Å². The Morgan fingerprint density at radius 1 is 1.48 bits per heavy atom. The van der Waals surface area contributed by atoms with Crippen molar-refractivity contribution >= 4 is 32.0 Å². The van der Waals surface area contributed by atoms with E-state index in [-0.39, 0.29) is 15.9 Å². The fourth-order valence-electron chi connectivity index (χ4n) is 2.27. The van der Waals surface area contributed by atoms with Gasteiger partial charge in [0.1, 0.15) is 4.21 Å². The second-order valence-electron chi connectivity index (χ2n) is 5.36. The van der Waals surface area contributed by atoms with Crippen molar-refractivity contribution < 1.29 is 13.3 Å². The van der Waals surface area contributed by atoms with Crippen molar-refractivity contribution in [2.24, 2.45) is 5.92 Å². The molecule has 2 N–H and O–H groups in total. The summed E-state index contributed by atoms with van der Waals surface area (Å²) in [6, 6.07) is 1.07. The van der Waals surface area contributed by atoms with Gasteiger partial charge in [-0.3, -0.25) is 10.1 Å². The summed E-state index contributed by atoms with van der Waals surface area (Å²) in [6.45, 7) is 4.56. The average molecular weight is 333 g/mol. The van der Waals surface area contributed by atoms with Crippen molar-refractivity contribution in [2.75, 3.05) is 11.9 Å². The summed E-state index contributed by atoms with van der Waals surface area (Å²) < 4.78 is 27.1. The molecule has 7 nitrogen and oxygen atoms in total. The summed E-state index contributed by atoms with van der Waals surface area (Å²) in [5.74, 6) is 0.525. The van der Waals surface area contributed by atoms with E-state index < -0.39 is 14.9 Å². The van der Waals surface area contributed by atoms with Gasteiger partial charge in [0.2, 0.25) is 0 Å². The first-order valence-electron chi connectivity index (χ1n) is 6.88. The fraction of sp³-hybridized carbons (Fsp3) is 0.667. The lowest BCUT2D eigenvalue weighted by Crippen LogP contribution is -2.43. The van der Waals surface area contributed by atoms with Crippen LogP contribution in [0.25, 0.3) is 0 Å². The van der Waals surface area contributed by atoms with E-state index in [9.17, 15) is 18.5 Å². The second kappa shape index (κ2) is 6.29. The quantitative estimate of drug-likeness (QED) is 0.590. The third-order valence-corrected chi connectivity index (χ3v) is 6.46. The molecule has 0 bridgehead atoms. The summed E-state index contributed by atoms with van der Waals surface area (Å²) in [7, 11) is -3.68. The predicted molar refractivity (Wildman–Crippen MR) is 82.3 cm³/mol. The number of nitrogens with one attached hydrogen (secondary N) is 2. The molecule has 0 spiro atoms. The van der Waals surface area contributed by atoms with E-state index in [0.717, 1.165) is 36.7 Å². The van der Waals surface area contributed by atoms with Crippen molar-refractivity contribution in [3.8, 4) is 0 Å². The highest BCUT2D eigenvalue weighted by Gasteiger charge is 2.32. The van der Waals surface area contributed by atoms with E-state index in [1.165, 1.54) is 0 Å². The Labute approximate surface area is 127 Å². The topological polar surface area (TPSA) is 101 Å². The minimum absolute atomic E-state index is 0.00708. The van der Waals surface area contributed by atoms with Gasteiger partial charge in [0.25, 0.3) is 10.0 Å². The first-order valence-corrected chi connectivity index (χ1v) is 9.18.